The number of pyridine rings is 1. The summed E-state index contributed by atoms with van der Waals surface area (Å²) in [4.78, 5) is 5.62. The third-order valence-electron chi connectivity index (χ3n) is 2.31. The van der Waals surface area contributed by atoms with Gasteiger partial charge in [-0.3, -0.25) is 4.98 Å². The van der Waals surface area contributed by atoms with Crippen LogP contribution in [-0.2, 0) is 0 Å². The van der Waals surface area contributed by atoms with E-state index in [4.69, 9.17) is 5.73 Å². The lowest BCUT2D eigenvalue weighted by atomic mass is 10.0. The Kier molecular flexibility index (Phi) is 2.19. The van der Waals surface area contributed by atoms with E-state index < -0.39 is 0 Å². The summed E-state index contributed by atoms with van der Waals surface area (Å²) < 4.78 is 1.25. The number of thiophene rings is 1. The lowest BCUT2D eigenvalue weighted by molar-refractivity contribution is 0.879. The van der Waals surface area contributed by atoms with Crippen LogP contribution in [0.4, 0.5) is 5.69 Å². The Labute approximate surface area is 87.8 Å². The maximum Gasteiger partial charge on any atom is 0.0817 e. The molecule has 74 valence electrons. The highest BCUT2D eigenvalue weighted by Gasteiger charge is 2.12. The number of nitrogens with two attached hydrogens (primary N) is 1. The molecule has 14 heavy (non-hydrogen) atoms. The van der Waals surface area contributed by atoms with E-state index in [9.17, 15) is 0 Å². The first kappa shape index (κ1) is 9.46. The summed E-state index contributed by atoms with van der Waals surface area (Å²) in [6.07, 6.45) is 1.77. The van der Waals surface area contributed by atoms with Gasteiger partial charge in [0.1, 0.15) is 0 Å². The third-order valence-corrected chi connectivity index (χ3v) is 3.38. The molecule has 0 atom stereocenters. The Hall–Kier alpha value is -1.09. The summed E-state index contributed by atoms with van der Waals surface area (Å²) >= 11 is 1.78. The Bertz CT molecular complexity index is 471. The number of hydrogen-bond acceptors (Lipinski definition) is 3. The minimum absolute atomic E-state index is 0.457. The van der Waals surface area contributed by atoms with Crippen LogP contribution in [0.25, 0.3) is 10.2 Å². The topological polar surface area (TPSA) is 38.9 Å². The van der Waals surface area contributed by atoms with E-state index in [0.29, 0.717) is 5.92 Å². The maximum atomic E-state index is 5.94. The van der Waals surface area contributed by atoms with Crippen molar-refractivity contribution >= 4 is 27.2 Å². The monoisotopic (exact) mass is 206 g/mol. The molecule has 0 aromatic carbocycles. The van der Waals surface area contributed by atoms with Crippen LogP contribution in [0.3, 0.4) is 0 Å². The van der Waals surface area contributed by atoms with Crippen LogP contribution in [-0.4, -0.2) is 4.98 Å². The van der Waals surface area contributed by atoms with E-state index >= 15 is 0 Å². The summed E-state index contributed by atoms with van der Waals surface area (Å²) in [6, 6.07) is 2.12. The van der Waals surface area contributed by atoms with Gasteiger partial charge in [0.05, 0.1) is 22.1 Å². The quantitative estimate of drug-likeness (QED) is 0.777. The maximum absolute atomic E-state index is 5.94. The molecule has 0 aliphatic heterocycles. The second kappa shape index (κ2) is 3.24. The minimum atomic E-state index is 0.457. The minimum Gasteiger partial charge on any atom is -0.397 e. The first-order chi connectivity index (χ1) is 6.59. The summed E-state index contributed by atoms with van der Waals surface area (Å²) in [5.41, 5.74) is 9.07. The molecule has 3 heteroatoms. The summed E-state index contributed by atoms with van der Waals surface area (Å²) in [6.45, 7) is 6.44. The Morgan fingerprint density at radius 1 is 1.43 bits per heavy atom. The molecule has 2 aromatic heterocycles. The lowest BCUT2D eigenvalue weighted by Gasteiger charge is -2.09. The van der Waals surface area contributed by atoms with Gasteiger partial charge in [0.25, 0.3) is 0 Å². The molecule has 2 nitrogen and oxygen atoms in total. The van der Waals surface area contributed by atoms with Crippen molar-refractivity contribution in [1.82, 2.24) is 4.98 Å². The fourth-order valence-electron chi connectivity index (χ4n) is 1.72. The zero-order valence-corrected chi connectivity index (χ0v) is 9.48. The largest absolute Gasteiger partial charge is 0.397 e. The number of rotatable bonds is 1. The number of nitrogens with zero attached hydrogens (tertiary/aromatic N) is 1. The van der Waals surface area contributed by atoms with Crippen molar-refractivity contribution in [2.45, 2.75) is 26.7 Å². The molecular weight excluding hydrogens is 192 g/mol. The molecular formula is C11H14N2S. The molecule has 2 rings (SSSR count). The van der Waals surface area contributed by atoms with Crippen molar-refractivity contribution in [1.29, 1.82) is 0 Å². The van der Waals surface area contributed by atoms with E-state index in [0.717, 1.165) is 11.2 Å². The van der Waals surface area contributed by atoms with Crippen molar-refractivity contribution in [3.63, 3.8) is 0 Å². The molecule has 0 unspecified atom stereocenters. The zero-order valence-electron chi connectivity index (χ0n) is 8.66. The van der Waals surface area contributed by atoms with Crippen molar-refractivity contribution < 1.29 is 0 Å². The number of hydrogen-bond donors (Lipinski definition) is 1. The van der Waals surface area contributed by atoms with Gasteiger partial charge < -0.3 is 5.73 Å². The molecule has 0 saturated heterocycles. The normalized spacial score (nSPS) is 11.4. The van der Waals surface area contributed by atoms with E-state index in [1.54, 1.807) is 17.5 Å². The number of aryl methyl sites for hydroxylation is 1. The van der Waals surface area contributed by atoms with Crippen molar-refractivity contribution in [2.24, 2.45) is 0 Å². The molecule has 0 aliphatic carbocycles. The summed E-state index contributed by atoms with van der Waals surface area (Å²) in [5, 5.41) is 0. The van der Waals surface area contributed by atoms with Crippen LogP contribution >= 0.6 is 11.3 Å². The van der Waals surface area contributed by atoms with E-state index in [-0.39, 0.29) is 0 Å². The van der Waals surface area contributed by atoms with Crippen LogP contribution in [0, 0.1) is 6.92 Å². The van der Waals surface area contributed by atoms with Crippen molar-refractivity contribution in [3.8, 4) is 0 Å². The fraction of sp³-hybridized carbons (Fsp3) is 0.364. The third kappa shape index (κ3) is 1.38. The van der Waals surface area contributed by atoms with E-state index in [1.807, 2.05) is 0 Å². The molecule has 2 aromatic rings. The second-order valence-electron chi connectivity index (χ2n) is 3.85. The highest BCUT2D eigenvalue weighted by molar-refractivity contribution is 7.19. The van der Waals surface area contributed by atoms with E-state index in [2.05, 4.69) is 31.8 Å². The Balaban J connectivity index is 2.82. The van der Waals surface area contributed by atoms with Crippen LogP contribution in [0.1, 0.15) is 30.2 Å². The first-order valence-electron chi connectivity index (χ1n) is 4.74. The van der Waals surface area contributed by atoms with Gasteiger partial charge in [-0.25, -0.2) is 0 Å². The number of anilines is 1. The molecule has 0 aliphatic rings. The van der Waals surface area contributed by atoms with Gasteiger partial charge in [0, 0.05) is 4.88 Å². The molecule has 2 N–H and O–H groups in total. The molecule has 0 saturated carbocycles. The summed E-state index contributed by atoms with van der Waals surface area (Å²) in [5.74, 6) is 0.457. The van der Waals surface area contributed by atoms with Crippen molar-refractivity contribution in [2.75, 3.05) is 5.73 Å². The van der Waals surface area contributed by atoms with Crippen LogP contribution < -0.4 is 5.73 Å². The molecule has 0 fully saturated rings. The Morgan fingerprint density at radius 3 is 2.79 bits per heavy atom. The predicted molar refractivity (Wildman–Crippen MR) is 62.9 cm³/mol. The second-order valence-corrected chi connectivity index (χ2v) is 5.11. The highest BCUT2D eigenvalue weighted by Crippen LogP contribution is 2.34. The van der Waals surface area contributed by atoms with Crippen LogP contribution in [0.2, 0.25) is 0 Å². The van der Waals surface area contributed by atoms with Gasteiger partial charge in [-0.2, -0.15) is 0 Å². The molecule has 0 radical (unpaired) electrons. The average molecular weight is 206 g/mol. The van der Waals surface area contributed by atoms with Gasteiger partial charge >= 0.3 is 0 Å². The van der Waals surface area contributed by atoms with Crippen LogP contribution in [0.5, 0.6) is 0 Å². The van der Waals surface area contributed by atoms with Crippen LogP contribution in [0.15, 0.2) is 12.3 Å². The molecule has 0 amide bonds. The van der Waals surface area contributed by atoms with Gasteiger partial charge in [-0.1, -0.05) is 13.8 Å². The fourth-order valence-corrected chi connectivity index (χ4v) is 2.90. The van der Waals surface area contributed by atoms with Crippen molar-refractivity contribution in [3.05, 3.63) is 22.7 Å². The number of aromatic nitrogens is 1. The average Bonchev–Trinajstić information content (AvgIpc) is 2.43. The standard InChI is InChI=1S/C11H14N2S/c1-6(2)10-8(12)5-13-9-4-7(3)14-11(9)10/h4-6H,12H2,1-3H3. The van der Waals surface area contributed by atoms with Gasteiger partial charge in [0.2, 0.25) is 0 Å². The SMILES string of the molecule is Cc1cc2ncc(N)c(C(C)C)c2s1. The highest BCUT2D eigenvalue weighted by atomic mass is 32.1. The Morgan fingerprint density at radius 2 is 2.14 bits per heavy atom. The van der Waals surface area contributed by atoms with Gasteiger partial charge in [-0.15, -0.1) is 11.3 Å². The van der Waals surface area contributed by atoms with Gasteiger partial charge in [0.15, 0.2) is 0 Å². The lowest BCUT2D eigenvalue weighted by Crippen LogP contribution is -1.97. The molecule has 2 heterocycles. The smallest absolute Gasteiger partial charge is 0.0817 e. The summed E-state index contributed by atoms with van der Waals surface area (Å²) in [7, 11) is 0. The zero-order chi connectivity index (χ0) is 10.3. The number of fused-ring (bicyclic) bond motifs is 1. The van der Waals surface area contributed by atoms with E-state index in [1.165, 1.54) is 15.1 Å². The predicted octanol–water partition coefficient (Wildman–Crippen LogP) is 3.31. The number of nitrogen functional groups attached to an aromatic ring is 1. The first-order valence-corrected chi connectivity index (χ1v) is 5.55. The van der Waals surface area contributed by atoms with Gasteiger partial charge in [-0.05, 0) is 24.5 Å². The molecule has 0 bridgehead atoms. The molecule has 0 spiro atoms.